The second-order valence-corrected chi connectivity index (χ2v) is 9.90. The highest BCUT2D eigenvalue weighted by Crippen LogP contribution is 2.72. The molecule has 0 radical (unpaired) electrons. The van der Waals surface area contributed by atoms with Crippen LogP contribution in [-0.4, -0.2) is 28.7 Å². The first-order valence-corrected chi connectivity index (χ1v) is 9.62. The van der Waals surface area contributed by atoms with E-state index < -0.39 is 5.60 Å². The number of aliphatic hydroxyl groups excluding tert-OH is 1. The zero-order valence-electron chi connectivity index (χ0n) is 14.7. The molecule has 23 heavy (non-hydrogen) atoms. The number of aldehydes is 1. The van der Waals surface area contributed by atoms with Crippen LogP contribution in [0.5, 0.6) is 0 Å². The molecule has 5 saturated carbocycles. The summed E-state index contributed by atoms with van der Waals surface area (Å²) in [6.07, 6.45) is 11.1. The van der Waals surface area contributed by atoms with Crippen LogP contribution in [0.25, 0.3) is 0 Å². The van der Waals surface area contributed by atoms with Gasteiger partial charge in [-0.2, -0.15) is 0 Å². The molecule has 0 aliphatic heterocycles. The molecule has 130 valence electrons. The number of aliphatic hydroxyl groups is 2. The van der Waals surface area contributed by atoms with E-state index in [9.17, 15) is 15.0 Å². The molecular weight excluding hydrogens is 288 g/mol. The molecule has 2 bridgehead atoms. The van der Waals surface area contributed by atoms with Crippen molar-refractivity contribution in [3.05, 3.63) is 0 Å². The average molecular weight is 320 g/mol. The molecular formula is C20H32O3. The third-order valence-corrected chi connectivity index (χ3v) is 8.96. The molecule has 1 spiro atoms. The quantitative estimate of drug-likeness (QED) is 0.767. The largest absolute Gasteiger partial charge is 0.393 e. The van der Waals surface area contributed by atoms with Crippen molar-refractivity contribution in [1.82, 2.24) is 0 Å². The van der Waals surface area contributed by atoms with Crippen LogP contribution >= 0.6 is 0 Å². The van der Waals surface area contributed by atoms with Gasteiger partial charge in [0, 0.05) is 5.41 Å². The second kappa shape index (κ2) is 4.82. The van der Waals surface area contributed by atoms with Crippen molar-refractivity contribution < 1.29 is 15.0 Å². The lowest BCUT2D eigenvalue weighted by Crippen LogP contribution is -2.65. The smallest absolute Gasteiger partial charge is 0.126 e. The Balaban J connectivity index is 1.73. The molecule has 0 aromatic rings. The maximum atomic E-state index is 11.9. The van der Waals surface area contributed by atoms with Gasteiger partial charge in [0.1, 0.15) is 6.29 Å². The molecule has 0 amide bonds. The van der Waals surface area contributed by atoms with Crippen molar-refractivity contribution in [2.45, 2.75) is 77.2 Å². The number of hydrogen-bond acceptors (Lipinski definition) is 3. The lowest BCUT2D eigenvalue weighted by atomic mass is 9.36. The van der Waals surface area contributed by atoms with E-state index in [1.54, 1.807) is 0 Å². The van der Waals surface area contributed by atoms with Crippen LogP contribution in [0.15, 0.2) is 0 Å². The Bertz CT molecular complexity index is 519. The lowest BCUT2D eigenvalue weighted by Gasteiger charge is -2.69. The van der Waals surface area contributed by atoms with E-state index in [1.807, 2.05) is 0 Å². The standard InChI is InChI=1S/C20H32O3/c1-17(12-21)6-3-7-18(2)15(17)5-9-19-8-4-14(10-16(18)19)20(23,11-19)13-22/h12,14-16,22-23H,3-11,13H2,1-2H3/t14-,15-,16+,17+,18-,19-,20+/m1/s1. The summed E-state index contributed by atoms with van der Waals surface area (Å²) >= 11 is 0. The molecule has 5 aliphatic carbocycles. The summed E-state index contributed by atoms with van der Waals surface area (Å²) in [7, 11) is 0. The number of hydrogen-bond donors (Lipinski definition) is 2. The summed E-state index contributed by atoms with van der Waals surface area (Å²) in [4.78, 5) is 11.9. The third kappa shape index (κ3) is 1.93. The van der Waals surface area contributed by atoms with Gasteiger partial charge in [0.15, 0.2) is 0 Å². The summed E-state index contributed by atoms with van der Waals surface area (Å²) in [5, 5.41) is 20.7. The van der Waals surface area contributed by atoms with Gasteiger partial charge in [-0.15, -0.1) is 0 Å². The van der Waals surface area contributed by atoms with E-state index in [0.29, 0.717) is 11.8 Å². The highest BCUT2D eigenvalue weighted by Gasteiger charge is 2.67. The van der Waals surface area contributed by atoms with E-state index in [2.05, 4.69) is 13.8 Å². The van der Waals surface area contributed by atoms with Crippen LogP contribution in [0.4, 0.5) is 0 Å². The van der Waals surface area contributed by atoms with Crippen LogP contribution in [0.2, 0.25) is 0 Å². The second-order valence-electron chi connectivity index (χ2n) is 9.90. The van der Waals surface area contributed by atoms with Gasteiger partial charge in [0.25, 0.3) is 0 Å². The van der Waals surface area contributed by atoms with Crippen LogP contribution in [-0.2, 0) is 4.79 Å². The van der Waals surface area contributed by atoms with Crippen molar-refractivity contribution in [2.75, 3.05) is 6.61 Å². The maximum Gasteiger partial charge on any atom is 0.126 e. The minimum Gasteiger partial charge on any atom is -0.393 e. The topological polar surface area (TPSA) is 57.5 Å². The van der Waals surface area contributed by atoms with Crippen LogP contribution in [0.1, 0.15) is 71.6 Å². The van der Waals surface area contributed by atoms with E-state index in [4.69, 9.17) is 0 Å². The first-order chi connectivity index (χ1) is 10.8. The predicted octanol–water partition coefficient (Wildman–Crippen LogP) is 3.32. The van der Waals surface area contributed by atoms with Gasteiger partial charge in [-0.1, -0.05) is 20.3 Å². The summed E-state index contributed by atoms with van der Waals surface area (Å²) in [5.74, 6) is 1.37. The molecule has 2 N–H and O–H groups in total. The molecule has 3 heteroatoms. The highest BCUT2D eigenvalue weighted by molar-refractivity contribution is 5.60. The predicted molar refractivity (Wildman–Crippen MR) is 88.8 cm³/mol. The molecule has 0 aromatic heterocycles. The first kappa shape index (κ1) is 16.1. The number of fused-ring (bicyclic) bond motifs is 3. The average Bonchev–Trinajstić information content (AvgIpc) is 2.54. The van der Waals surface area contributed by atoms with E-state index in [-0.39, 0.29) is 28.8 Å². The van der Waals surface area contributed by atoms with Crippen molar-refractivity contribution in [1.29, 1.82) is 0 Å². The molecule has 5 fully saturated rings. The van der Waals surface area contributed by atoms with Gasteiger partial charge in [0.05, 0.1) is 12.2 Å². The zero-order chi connectivity index (χ0) is 16.5. The molecule has 0 aromatic carbocycles. The van der Waals surface area contributed by atoms with E-state index >= 15 is 0 Å². The Labute approximate surface area is 139 Å². The molecule has 5 rings (SSSR count). The van der Waals surface area contributed by atoms with E-state index in [1.165, 1.54) is 19.1 Å². The fourth-order valence-electron chi connectivity index (χ4n) is 7.88. The SMILES string of the molecule is C[C@@]12CCC[C@@](C)(C=O)[C@H]1CC[C@@]13CC[C@H](C[C@H]12)[C@@](O)(CO)C3. The summed E-state index contributed by atoms with van der Waals surface area (Å²) in [6, 6.07) is 0. The summed E-state index contributed by atoms with van der Waals surface area (Å²) in [5.41, 5.74) is -0.556. The Hall–Kier alpha value is -0.410. The zero-order valence-corrected chi connectivity index (χ0v) is 14.7. The van der Waals surface area contributed by atoms with Gasteiger partial charge < -0.3 is 15.0 Å². The fourth-order valence-corrected chi connectivity index (χ4v) is 7.88. The maximum absolute atomic E-state index is 11.9. The van der Waals surface area contributed by atoms with Crippen LogP contribution < -0.4 is 0 Å². The van der Waals surface area contributed by atoms with Crippen LogP contribution in [0.3, 0.4) is 0 Å². The van der Waals surface area contributed by atoms with Crippen molar-refractivity contribution in [2.24, 2.45) is 34.0 Å². The molecule has 7 atom stereocenters. The Morgan fingerprint density at radius 2 is 1.83 bits per heavy atom. The number of rotatable bonds is 2. The van der Waals surface area contributed by atoms with Gasteiger partial charge >= 0.3 is 0 Å². The van der Waals surface area contributed by atoms with Crippen molar-refractivity contribution in [3.8, 4) is 0 Å². The Morgan fingerprint density at radius 3 is 2.52 bits per heavy atom. The van der Waals surface area contributed by atoms with Gasteiger partial charge in [0.2, 0.25) is 0 Å². The van der Waals surface area contributed by atoms with Gasteiger partial charge in [-0.25, -0.2) is 0 Å². The number of carbonyl (C=O) groups is 1. The molecule has 0 saturated heterocycles. The third-order valence-electron chi connectivity index (χ3n) is 8.96. The minimum atomic E-state index is -0.847. The molecule has 0 unspecified atom stereocenters. The highest BCUT2D eigenvalue weighted by atomic mass is 16.3. The first-order valence-electron chi connectivity index (χ1n) is 9.62. The summed E-state index contributed by atoms with van der Waals surface area (Å²) in [6.45, 7) is 4.55. The summed E-state index contributed by atoms with van der Waals surface area (Å²) < 4.78 is 0. The molecule has 3 nitrogen and oxygen atoms in total. The van der Waals surface area contributed by atoms with Crippen molar-refractivity contribution in [3.63, 3.8) is 0 Å². The fraction of sp³-hybridized carbons (Fsp3) is 0.950. The van der Waals surface area contributed by atoms with Gasteiger partial charge in [-0.3, -0.25) is 0 Å². The van der Waals surface area contributed by atoms with Crippen LogP contribution in [0, 0.1) is 34.0 Å². The lowest BCUT2D eigenvalue weighted by molar-refractivity contribution is -0.241. The van der Waals surface area contributed by atoms with Crippen molar-refractivity contribution >= 4 is 6.29 Å². The molecule has 0 heterocycles. The van der Waals surface area contributed by atoms with Gasteiger partial charge in [-0.05, 0) is 80.0 Å². The Kier molecular flexibility index (Phi) is 3.37. The monoisotopic (exact) mass is 320 g/mol. The minimum absolute atomic E-state index is 0.0850. The molecule has 5 aliphatic rings. The Morgan fingerprint density at radius 1 is 1.09 bits per heavy atom. The normalized spacial score (nSPS) is 58.3. The van der Waals surface area contributed by atoms with E-state index in [0.717, 1.165) is 44.9 Å². The number of carbonyl (C=O) groups excluding carboxylic acids is 1.